The average Bonchev–Trinajstić information content (AvgIpc) is 3.94. The molecule has 294 valence electrons. The van der Waals surface area contributed by atoms with Gasteiger partial charge in [0.05, 0.1) is 5.52 Å². The van der Waals surface area contributed by atoms with Gasteiger partial charge in [-0.1, -0.05) is 142 Å². The summed E-state index contributed by atoms with van der Waals surface area (Å²) in [5, 5.41) is 11.2. The third kappa shape index (κ3) is 5.39. The zero-order valence-corrected chi connectivity index (χ0v) is 36.2. The fourth-order valence-electron chi connectivity index (χ4n) is 10.00. The van der Waals surface area contributed by atoms with E-state index in [4.69, 9.17) is 4.42 Å². The van der Waals surface area contributed by atoms with Gasteiger partial charge in [-0.25, -0.2) is 0 Å². The highest BCUT2D eigenvalue weighted by molar-refractivity contribution is 8.08. The molecule has 0 fully saturated rings. The van der Waals surface area contributed by atoms with Gasteiger partial charge in [0.1, 0.15) is 11.2 Å². The van der Waals surface area contributed by atoms with E-state index in [0.29, 0.717) is 0 Å². The number of rotatable bonds is 4. The molecular formula is C56H39BN2OS2. The number of aromatic nitrogens is 1. The topological polar surface area (TPSA) is 30.1 Å². The molecule has 0 atom stereocenters. The minimum Gasteiger partial charge on any atom is -0.456 e. The number of hydrogen-bond acceptors (Lipinski definition) is 4. The number of allylic oxidation sites excluding steroid dienone is 2. The Morgan fingerprint density at radius 2 is 1.42 bits per heavy atom. The van der Waals surface area contributed by atoms with E-state index in [1.165, 1.54) is 96.2 Å². The molecule has 1 N–H and O–H groups in total. The largest absolute Gasteiger partial charge is 0.456 e. The third-order valence-corrected chi connectivity index (χ3v) is 15.4. The number of thiophene rings is 1. The highest BCUT2D eigenvalue weighted by atomic mass is 32.2. The van der Waals surface area contributed by atoms with Crippen LogP contribution in [-0.4, -0.2) is 11.8 Å². The van der Waals surface area contributed by atoms with Gasteiger partial charge in [-0.05, 0) is 99.4 Å². The minimum atomic E-state index is 0.0763. The average molecular weight is 831 g/mol. The van der Waals surface area contributed by atoms with E-state index in [1.54, 1.807) is 0 Å². The lowest BCUT2D eigenvalue weighted by atomic mass is 9.58. The number of fused-ring (bicyclic) bond motifs is 12. The molecule has 5 heterocycles. The van der Waals surface area contributed by atoms with Gasteiger partial charge in [0.25, 0.3) is 0 Å². The number of benzene rings is 8. The zero-order chi connectivity index (χ0) is 41.4. The van der Waals surface area contributed by atoms with Crippen LogP contribution in [-0.2, 0) is 5.41 Å². The lowest BCUT2D eigenvalue weighted by molar-refractivity contribution is 0.590. The van der Waals surface area contributed by atoms with Gasteiger partial charge >= 0.3 is 0 Å². The number of nitrogens with zero attached hydrogens (tertiary/aromatic N) is 1. The second kappa shape index (κ2) is 13.1. The Kier molecular flexibility index (Phi) is 7.62. The first-order valence-electron chi connectivity index (χ1n) is 21.3. The van der Waals surface area contributed by atoms with Gasteiger partial charge in [-0.3, -0.25) is 0 Å². The summed E-state index contributed by atoms with van der Waals surface area (Å²) in [6.45, 7) is 11.4. The summed E-state index contributed by atoms with van der Waals surface area (Å²) in [7, 11) is 0.792. The predicted molar refractivity (Wildman–Crippen MR) is 271 cm³/mol. The van der Waals surface area contributed by atoms with Crippen LogP contribution in [0.15, 0.2) is 174 Å². The Hall–Kier alpha value is -6.73. The summed E-state index contributed by atoms with van der Waals surface area (Å²) >= 11 is 3.71. The van der Waals surface area contributed by atoms with Crippen molar-refractivity contribution < 1.29 is 4.42 Å². The van der Waals surface area contributed by atoms with E-state index in [1.807, 2.05) is 23.1 Å². The second-order valence-corrected chi connectivity index (χ2v) is 20.1. The smallest absolute Gasteiger partial charge is 0.198 e. The fourth-order valence-corrected chi connectivity index (χ4v) is 12.3. The molecule has 2 aliphatic heterocycles. The quantitative estimate of drug-likeness (QED) is 0.179. The van der Waals surface area contributed by atoms with Gasteiger partial charge in [0.2, 0.25) is 0 Å². The standard InChI is InChI=1S/C56H39BN2OS2/c1-31-24-51(32-12-6-5-7-13-32)62-53-30-47-44(26-39(31)53)57-54-37(22-23-38-41-28-49-42(27-46(41)59(47)55(38)54)35-14-8-10-16-48(35)60-49)40-25-43-36-15-9-11-17-50(36)61-52(43)29-45(40)58-34-20-18-33(19-21-34)56(2,3)4/h5-30,57-58H,1H2,2-4H3. The van der Waals surface area contributed by atoms with E-state index in [9.17, 15) is 0 Å². The lowest BCUT2D eigenvalue weighted by Gasteiger charge is -2.27. The highest BCUT2D eigenvalue weighted by Crippen LogP contribution is 2.47. The number of nitrogens with one attached hydrogen (secondary N) is 1. The molecule has 0 radical (unpaired) electrons. The second-order valence-electron chi connectivity index (χ2n) is 17.9. The molecule has 2 aliphatic rings. The van der Waals surface area contributed by atoms with Gasteiger partial charge in [0, 0.05) is 79.7 Å². The van der Waals surface area contributed by atoms with Gasteiger partial charge < -0.3 is 14.3 Å². The number of thioether (sulfide) groups is 1. The van der Waals surface area contributed by atoms with Gasteiger partial charge in [-0.2, -0.15) is 0 Å². The molecule has 0 unspecified atom stereocenters. The number of hydrogen-bond donors (Lipinski definition) is 1. The van der Waals surface area contributed by atoms with E-state index < -0.39 is 0 Å². The molecule has 3 aromatic heterocycles. The number of furan rings is 1. The molecule has 3 nitrogen and oxygen atoms in total. The summed E-state index contributed by atoms with van der Waals surface area (Å²) in [6.07, 6.45) is 2.26. The van der Waals surface area contributed by atoms with Crippen LogP contribution in [0.5, 0.6) is 0 Å². The van der Waals surface area contributed by atoms with Crippen molar-refractivity contribution in [2.24, 2.45) is 0 Å². The fraction of sp³-hybridized carbons (Fsp3) is 0.0714. The number of para-hydroxylation sites is 1. The van der Waals surface area contributed by atoms with Crippen molar-refractivity contribution in [3.8, 4) is 16.8 Å². The molecule has 8 aromatic carbocycles. The van der Waals surface area contributed by atoms with Crippen LogP contribution in [0.25, 0.3) is 91.2 Å². The molecule has 6 heteroatoms. The predicted octanol–water partition coefficient (Wildman–Crippen LogP) is 14.6. The van der Waals surface area contributed by atoms with Crippen molar-refractivity contribution >= 4 is 127 Å². The highest BCUT2D eigenvalue weighted by Gasteiger charge is 2.30. The molecule has 0 saturated carbocycles. The SMILES string of the molecule is C=C1C=C(c2ccccc2)Sc2cc3c(cc21)Bc1c(-c2cc4c(cc2Nc2ccc(C(C)(C)C)cc2)sc2ccccc24)ccc2c4cc5oc6ccccc6c5cc4n-3c12. The molecule has 0 bridgehead atoms. The van der Waals surface area contributed by atoms with E-state index in [0.717, 1.165) is 46.2 Å². The van der Waals surface area contributed by atoms with Crippen molar-refractivity contribution in [2.75, 3.05) is 5.32 Å². The minimum absolute atomic E-state index is 0.0763. The normalized spacial score (nSPS) is 13.6. The first-order valence-corrected chi connectivity index (χ1v) is 22.9. The van der Waals surface area contributed by atoms with Crippen molar-refractivity contribution in [3.63, 3.8) is 0 Å². The molecule has 0 spiro atoms. The van der Waals surface area contributed by atoms with Crippen LogP contribution in [0.1, 0.15) is 37.5 Å². The maximum Gasteiger partial charge on any atom is 0.198 e. The maximum absolute atomic E-state index is 6.53. The van der Waals surface area contributed by atoms with E-state index in [-0.39, 0.29) is 5.41 Å². The summed E-state index contributed by atoms with van der Waals surface area (Å²) in [6, 6.07) is 55.9. The molecule has 62 heavy (non-hydrogen) atoms. The summed E-state index contributed by atoms with van der Waals surface area (Å²) in [5.74, 6) is 0. The first kappa shape index (κ1) is 36.0. The van der Waals surface area contributed by atoms with Crippen LogP contribution in [0.2, 0.25) is 0 Å². The number of anilines is 2. The van der Waals surface area contributed by atoms with Crippen molar-refractivity contribution in [3.05, 3.63) is 181 Å². The maximum atomic E-state index is 6.53. The van der Waals surface area contributed by atoms with E-state index in [2.05, 4.69) is 195 Å². The van der Waals surface area contributed by atoms with Crippen LogP contribution in [0.4, 0.5) is 11.4 Å². The zero-order valence-electron chi connectivity index (χ0n) is 34.6. The van der Waals surface area contributed by atoms with Crippen molar-refractivity contribution in [1.82, 2.24) is 4.57 Å². The Morgan fingerprint density at radius 1 is 0.629 bits per heavy atom. The van der Waals surface area contributed by atoms with Crippen LogP contribution < -0.4 is 16.2 Å². The molecular weight excluding hydrogens is 792 g/mol. The first-order chi connectivity index (χ1) is 30.2. The summed E-state index contributed by atoms with van der Waals surface area (Å²) < 4.78 is 11.7. The monoisotopic (exact) mass is 830 g/mol. The molecule has 0 aliphatic carbocycles. The third-order valence-electron chi connectivity index (χ3n) is 13.1. The Balaban J connectivity index is 1.08. The Labute approximate surface area is 368 Å². The molecule has 11 aromatic rings. The van der Waals surface area contributed by atoms with Gasteiger partial charge in [-0.15, -0.1) is 11.3 Å². The van der Waals surface area contributed by atoms with Crippen molar-refractivity contribution in [1.29, 1.82) is 0 Å². The lowest BCUT2D eigenvalue weighted by Crippen LogP contribution is -2.37. The van der Waals surface area contributed by atoms with Gasteiger partial charge in [0.15, 0.2) is 7.28 Å². The van der Waals surface area contributed by atoms with Crippen LogP contribution in [0.3, 0.4) is 0 Å². The Bertz CT molecular complexity index is 3770. The summed E-state index contributed by atoms with van der Waals surface area (Å²) in [4.78, 5) is 2.46. The van der Waals surface area contributed by atoms with Crippen molar-refractivity contribution in [2.45, 2.75) is 31.1 Å². The summed E-state index contributed by atoms with van der Waals surface area (Å²) in [5.41, 5.74) is 17.6. The van der Waals surface area contributed by atoms with E-state index >= 15 is 0 Å². The Morgan fingerprint density at radius 3 is 2.26 bits per heavy atom. The molecule has 13 rings (SSSR count). The van der Waals surface area contributed by atoms with Crippen LogP contribution in [0, 0.1) is 0 Å². The molecule has 0 saturated heterocycles. The van der Waals surface area contributed by atoms with Crippen LogP contribution >= 0.6 is 23.1 Å². The molecule has 0 amide bonds.